The van der Waals surface area contributed by atoms with Gasteiger partial charge in [0.05, 0.1) is 11.7 Å². The summed E-state index contributed by atoms with van der Waals surface area (Å²) < 4.78 is 27.2. The third kappa shape index (κ3) is 5.03. The average Bonchev–Trinajstić information content (AvgIpc) is 3.34. The number of hydrogen-bond donors (Lipinski definition) is 2. The van der Waals surface area contributed by atoms with E-state index >= 15 is 0 Å². The highest BCUT2D eigenvalue weighted by molar-refractivity contribution is 7.11. The van der Waals surface area contributed by atoms with Gasteiger partial charge < -0.3 is 11.1 Å². The van der Waals surface area contributed by atoms with E-state index in [9.17, 15) is 13.6 Å². The van der Waals surface area contributed by atoms with Crippen LogP contribution in [-0.2, 0) is 0 Å². The molecule has 0 saturated heterocycles. The number of carbonyl (C=O) groups is 1. The van der Waals surface area contributed by atoms with Crippen LogP contribution < -0.4 is 11.1 Å². The van der Waals surface area contributed by atoms with E-state index in [1.54, 1.807) is 16.0 Å². The van der Waals surface area contributed by atoms with Crippen molar-refractivity contribution in [3.05, 3.63) is 46.7 Å². The van der Waals surface area contributed by atoms with E-state index in [1.165, 1.54) is 36.6 Å². The molecule has 150 valence electrons. The number of thiazole rings is 1. The molecule has 28 heavy (non-hydrogen) atoms. The molecule has 0 atom stereocenters. The third-order valence-corrected chi connectivity index (χ3v) is 5.57. The van der Waals surface area contributed by atoms with E-state index in [1.807, 2.05) is 12.1 Å². The van der Waals surface area contributed by atoms with Gasteiger partial charge in [0.2, 0.25) is 0 Å². The SMILES string of the molecule is CC1CCC(Nc2cccc3nc(C(F)F)cn23)CC1.NC(=O)c1cncs1. The number of imidazole rings is 1. The van der Waals surface area contributed by atoms with Gasteiger partial charge in [-0.1, -0.05) is 13.0 Å². The summed E-state index contributed by atoms with van der Waals surface area (Å²) in [5.41, 5.74) is 6.85. The van der Waals surface area contributed by atoms with Gasteiger partial charge in [0.15, 0.2) is 0 Å². The van der Waals surface area contributed by atoms with Gasteiger partial charge in [-0.2, -0.15) is 0 Å². The van der Waals surface area contributed by atoms with Gasteiger partial charge in [-0.05, 0) is 43.7 Å². The number of nitrogens with two attached hydrogens (primary N) is 1. The molecule has 1 saturated carbocycles. The lowest BCUT2D eigenvalue weighted by Crippen LogP contribution is -2.26. The van der Waals surface area contributed by atoms with Gasteiger partial charge in [-0.3, -0.25) is 14.2 Å². The molecule has 0 bridgehead atoms. The second-order valence-electron chi connectivity index (χ2n) is 6.94. The molecule has 3 heterocycles. The summed E-state index contributed by atoms with van der Waals surface area (Å²) in [7, 11) is 0. The fraction of sp³-hybridized carbons (Fsp3) is 0.421. The molecule has 6 nitrogen and oxygen atoms in total. The van der Waals surface area contributed by atoms with Crippen molar-refractivity contribution in [1.29, 1.82) is 0 Å². The van der Waals surface area contributed by atoms with E-state index < -0.39 is 12.3 Å². The number of amides is 1. The first-order chi connectivity index (χ1) is 13.4. The molecule has 1 fully saturated rings. The van der Waals surface area contributed by atoms with Crippen LogP contribution in [0.25, 0.3) is 5.65 Å². The van der Waals surface area contributed by atoms with Crippen molar-refractivity contribution < 1.29 is 13.6 Å². The molecule has 1 amide bonds. The highest BCUT2D eigenvalue weighted by Gasteiger charge is 2.19. The molecule has 9 heteroatoms. The third-order valence-electron chi connectivity index (χ3n) is 4.78. The number of primary amides is 1. The molecular formula is C19H23F2N5OS. The zero-order valence-electron chi connectivity index (χ0n) is 15.5. The smallest absolute Gasteiger partial charge is 0.281 e. The second-order valence-corrected chi connectivity index (χ2v) is 7.82. The summed E-state index contributed by atoms with van der Waals surface area (Å²) in [4.78, 5) is 18.4. The molecular weight excluding hydrogens is 384 g/mol. The van der Waals surface area contributed by atoms with Gasteiger partial charge >= 0.3 is 0 Å². The van der Waals surface area contributed by atoms with Crippen molar-refractivity contribution in [2.75, 3.05) is 5.32 Å². The Bertz CT molecular complexity index is 904. The van der Waals surface area contributed by atoms with Crippen LogP contribution in [0.15, 0.2) is 36.1 Å². The number of hydrogen-bond acceptors (Lipinski definition) is 5. The van der Waals surface area contributed by atoms with Crippen molar-refractivity contribution in [2.45, 2.75) is 45.1 Å². The number of fused-ring (bicyclic) bond motifs is 1. The van der Waals surface area contributed by atoms with Gasteiger partial charge in [0.1, 0.15) is 22.0 Å². The van der Waals surface area contributed by atoms with E-state index in [0.29, 0.717) is 16.6 Å². The number of halogens is 2. The summed E-state index contributed by atoms with van der Waals surface area (Å²) in [5, 5.41) is 3.47. The van der Waals surface area contributed by atoms with Crippen LogP contribution in [0.2, 0.25) is 0 Å². The van der Waals surface area contributed by atoms with Crippen LogP contribution in [0, 0.1) is 5.92 Å². The zero-order valence-corrected chi connectivity index (χ0v) is 16.3. The van der Waals surface area contributed by atoms with Crippen molar-refractivity contribution in [1.82, 2.24) is 14.4 Å². The topological polar surface area (TPSA) is 85.3 Å². The molecule has 0 radical (unpaired) electrons. The lowest BCUT2D eigenvalue weighted by atomic mass is 9.87. The van der Waals surface area contributed by atoms with E-state index in [0.717, 1.165) is 24.6 Å². The highest BCUT2D eigenvalue weighted by Crippen LogP contribution is 2.27. The molecule has 0 aromatic carbocycles. The van der Waals surface area contributed by atoms with Crippen LogP contribution in [0.5, 0.6) is 0 Å². The minimum absolute atomic E-state index is 0.170. The molecule has 3 aromatic heterocycles. The predicted molar refractivity (Wildman–Crippen MR) is 106 cm³/mol. The van der Waals surface area contributed by atoms with Crippen molar-refractivity contribution in [3.63, 3.8) is 0 Å². The maximum absolute atomic E-state index is 12.7. The Kier molecular flexibility index (Phi) is 6.56. The summed E-state index contributed by atoms with van der Waals surface area (Å²) in [6.45, 7) is 2.28. The van der Waals surface area contributed by atoms with Crippen molar-refractivity contribution >= 4 is 28.7 Å². The Morgan fingerprint density at radius 2 is 2.07 bits per heavy atom. The minimum Gasteiger partial charge on any atom is -0.368 e. The number of anilines is 1. The van der Waals surface area contributed by atoms with Crippen LogP contribution >= 0.6 is 11.3 Å². The van der Waals surface area contributed by atoms with E-state index in [2.05, 4.69) is 22.2 Å². The summed E-state index contributed by atoms with van der Waals surface area (Å²) >= 11 is 1.25. The largest absolute Gasteiger partial charge is 0.368 e. The Morgan fingerprint density at radius 1 is 1.32 bits per heavy atom. The minimum atomic E-state index is -2.53. The predicted octanol–water partition coefficient (Wildman–Crippen LogP) is 4.50. The summed E-state index contributed by atoms with van der Waals surface area (Å²) in [6, 6.07) is 5.95. The Balaban J connectivity index is 0.000000236. The van der Waals surface area contributed by atoms with Crippen LogP contribution in [0.4, 0.5) is 14.6 Å². The first kappa shape index (κ1) is 20.2. The van der Waals surface area contributed by atoms with E-state index in [-0.39, 0.29) is 5.69 Å². The fourth-order valence-electron chi connectivity index (χ4n) is 3.20. The second kappa shape index (κ2) is 9.09. The molecule has 3 aromatic rings. The van der Waals surface area contributed by atoms with Crippen molar-refractivity contribution in [3.8, 4) is 0 Å². The first-order valence-corrected chi connectivity index (χ1v) is 10.0. The molecule has 0 unspecified atom stereocenters. The molecule has 1 aliphatic rings. The van der Waals surface area contributed by atoms with E-state index in [4.69, 9.17) is 5.73 Å². The maximum atomic E-state index is 12.7. The van der Waals surface area contributed by atoms with Gasteiger partial charge in [-0.15, -0.1) is 11.3 Å². The molecule has 1 aliphatic carbocycles. The molecule has 3 N–H and O–H groups in total. The standard InChI is InChI=1S/C15H19F2N3.C4H4N2OS/c1-10-5-7-11(8-6-10)18-13-3-2-4-14-19-12(15(16)17)9-20(13)14;5-4(7)3-1-6-2-8-3/h2-4,9-11,15,18H,5-8H2,1H3;1-2H,(H2,5,7). The highest BCUT2D eigenvalue weighted by atomic mass is 32.1. The lowest BCUT2D eigenvalue weighted by molar-refractivity contribution is 0.100. The fourth-order valence-corrected chi connectivity index (χ4v) is 3.68. The number of nitrogens with one attached hydrogen (secondary N) is 1. The number of rotatable bonds is 4. The lowest BCUT2D eigenvalue weighted by Gasteiger charge is -2.27. The quantitative estimate of drug-likeness (QED) is 0.667. The van der Waals surface area contributed by atoms with Crippen LogP contribution in [-0.4, -0.2) is 26.3 Å². The Hall–Kier alpha value is -2.55. The van der Waals surface area contributed by atoms with Crippen LogP contribution in [0.3, 0.4) is 0 Å². The summed E-state index contributed by atoms with van der Waals surface area (Å²) in [6.07, 6.45) is 5.06. The number of carbonyl (C=O) groups excluding carboxylic acids is 1. The molecule has 0 aliphatic heterocycles. The zero-order chi connectivity index (χ0) is 20.1. The maximum Gasteiger partial charge on any atom is 0.281 e. The normalized spacial score (nSPS) is 19.3. The van der Waals surface area contributed by atoms with Gasteiger partial charge in [-0.25, -0.2) is 13.8 Å². The number of nitrogens with zero attached hydrogens (tertiary/aromatic N) is 3. The average molecular weight is 407 g/mol. The first-order valence-electron chi connectivity index (χ1n) is 9.15. The van der Waals surface area contributed by atoms with Crippen molar-refractivity contribution in [2.24, 2.45) is 11.7 Å². The number of alkyl halides is 2. The Morgan fingerprint density at radius 3 is 2.64 bits per heavy atom. The van der Waals surface area contributed by atoms with Crippen LogP contribution in [0.1, 0.15) is 54.4 Å². The number of pyridine rings is 1. The number of aromatic nitrogens is 3. The molecule has 0 spiro atoms. The van der Waals surface area contributed by atoms with Gasteiger partial charge in [0, 0.05) is 12.2 Å². The molecule has 4 rings (SSSR count). The Labute approximate surface area is 165 Å². The summed E-state index contributed by atoms with van der Waals surface area (Å²) in [5.74, 6) is 1.23. The monoisotopic (exact) mass is 407 g/mol. The van der Waals surface area contributed by atoms with Gasteiger partial charge in [0.25, 0.3) is 12.3 Å².